The molecule has 13 heavy (non-hydrogen) atoms. The summed E-state index contributed by atoms with van der Waals surface area (Å²) in [5, 5.41) is 0. The van der Waals surface area contributed by atoms with E-state index in [9.17, 15) is 9.59 Å². The number of esters is 1. The number of cyclic esters (lactones) is 1. The van der Waals surface area contributed by atoms with Crippen LogP contribution in [0.15, 0.2) is 0 Å². The van der Waals surface area contributed by atoms with E-state index < -0.39 is 0 Å². The molecule has 74 valence electrons. The molecule has 0 radical (unpaired) electrons. The zero-order chi connectivity index (χ0) is 9.68. The highest BCUT2D eigenvalue weighted by Crippen LogP contribution is 2.18. The van der Waals surface area contributed by atoms with Crippen molar-refractivity contribution in [1.29, 1.82) is 0 Å². The van der Waals surface area contributed by atoms with Crippen molar-refractivity contribution >= 4 is 11.8 Å². The number of ketones is 1. The lowest BCUT2D eigenvalue weighted by molar-refractivity contribution is -0.154. The van der Waals surface area contributed by atoms with Gasteiger partial charge in [0.1, 0.15) is 11.9 Å². The SMILES string of the molecule is CC(=O)CCCC1CCCC(=O)O1. The van der Waals surface area contributed by atoms with E-state index in [4.69, 9.17) is 4.74 Å². The predicted molar refractivity (Wildman–Crippen MR) is 48.3 cm³/mol. The summed E-state index contributed by atoms with van der Waals surface area (Å²) in [7, 11) is 0. The standard InChI is InChI=1S/C10H16O3/c1-8(11)4-2-5-9-6-3-7-10(12)13-9/h9H,2-7H2,1H3. The molecule has 1 fully saturated rings. The fourth-order valence-electron chi connectivity index (χ4n) is 1.56. The molecule has 1 atom stereocenters. The van der Waals surface area contributed by atoms with E-state index in [2.05, 4.69) is 0 Å². The second-order valence-corrected chi connectivity index (χ2v) is 3.60. The molecule has 0 N–H and O–H groups in total. The van der Waals surface area contributed by atoms with E-state index in [1.165, 1.54) is 0 Å². The van der Waals surface area contributed by atoms with E-state index in [0.717, 1.165) is 25.7 Å². The molecule has 3 heteroatoms. The van der Waals surface area contributed by atoms with E-state index in [0.29, 0.717) is 12.8 Å². The van der Waals surface area contributed by atoms with Crippen molar-refractivity contribution in [3.8, 4) is 0 Å². The molecule has 1 saturated heterocycles. The molecule has 1 heterocycles. The van der Waals surface area contributed by atoms with Crippen LogP contribution < -0.4 is 0 Å². The summed E-state index contributed by atoms with van der Waals surface area (Å²) < 4.78 is 5.12. The Hall–Kier alpha value is -0.860. The van der Waals surface area contributed by atoms with Crippen molar-refractivity contribution in [2.45, 2.75) is 51.6 Å². The normalized spacial score (nSPS) is 22.5. The smallest absolute Gasteiger partial charge is 0.306 e. The van der Waals surface area contributed by atoms with Gasteiger partial charge in [-0.3, -0.25) is 4.79 Å². The summed E-state index contributed by atoms with van der Waals surface area (Å²) in [6, 6.07) is 0. The summed E-state index contributed by atoms with van der Waals surface area (Å²) in [4.78, 5) is 21.5. The largest absolute Gasteiger partial charge is 0.462 e. The first-order chi connectivity index (χ1) is 6.18. The van der Waals surface area contributed by atoms with Crippen LogP contribution in [0.5, 0.6) is 0 Å². The maximum atomic E-state index is 10.9. The van der Waals surface area contributed by atoms with Gasteiger partial charge in [-0.15, -0.1) is 0 Å². The predicted octanol–water partition coefficient (Wildman–Crippen LogP) is 1.84. The summed E-state index contributed by atoms with van der Waals surface area (Å²) in [5.74, 6) is 0.126. The van der Waals surface area contributed by atoms with E-state index in [1.807, 2.05) is 0 Å². The molecule has 1 unspecified atom stereocenters. The monoisotopic (exact) mass is 184 g/mol. The Kier molecular flexibility index (Phi) is 3.93. The number of rotatable bonds is 4. The van der Waals surface area contributed by atoms with Crippen molar-refractivity contribution in [1.82, 2.24) is 0 Å². The maximum absolute atomic E-state index is 10.9. The molecule has 1 aliphatic rings. The van der Waals surface area contributed by atoms with Gasteiger partial charge in [0.15, 0.2) is 0 Å². The van der Waals surface area contributed by atoms with Gasteiger partial charge in [0.2, 0.25) is 0 Å². The van der Waals surface area contributed by atoms with Gasteiger partial charge in [-0.2, -0.15) is 0 Å². The topological polar surface area (TPSA) is 43.4 Å². The molecule has 0 amide bonds. The first-order valence-corrected chi connectivity index (χ1v) is 4.87. The molecular weight excluding hydrogens is 168 g/mol. The number of Topliss-reactive ketones (excluding diaryl/α,β-unsaturated/α-hetero) is 1. The van der Waals surface area contributed by atoms with Gasteiger partial charge >= 0.3 is 5.97 Å². The van der Waals surface area contributed by atoms with E-state index >= 15 is 0 Å². The van der Waals surface area contributed by atoms with Crippen LogP contribution in [0, 0.1) is 0 Å². The van der Waals surface area contributed by atoms with Crippen molar-refractivity contribution in [3.05, 3.63) is 0 Å². The van der Waals surface area contributed by atoms with Crippen LogP contribution in [-0.4, -0.2) is 17.9 Å². The van der Waals surface area contributed by atoms with Crippen molar-refractivity contribution in [2.75, 3.05) is 0 Å². The highest BCUT2D eigenvalue weighted by atomic mass is 16.5. The fourth-order valence-corrected chi connectivity index (χ4v) is 1.56. The van der Waals surface area contributed by atoms with Crippen LogP contribution in [0.25, 0.3) is 0 Å². The van der Waals surface area contributed by atoms with E-state index in [-0.39, 0.29) is 17.9 Å². The van der Waals surface area contributed by atoms with Gasteiger partial charge in [0.05, 0.1) is 0 Å². The molecule has 3 nitrogen and oxygen atoms in total. The van der Waals surface area contributed by atoms with Gasteiger partial charge in [-0.05, 0) is 32.6 Å². The Morgan fingerprint density at radius 3 is 3.00 bits per heavy atom. The van der Waals surface area contributed by atoms with Crippen LogP contribution in [0.4, 0.5) is 0 Å². The van der Waals surface area contributed by atoms with Gasteiger partial charge in [-0.1, -0.05) is 0 Å². The first-order valence-electron chi connectivity index (χ1n) is 4.87. The fraction of sp³-hybridized carbons (Fsp3) is 0.800. The second kappa shape index (κ2) is 5.00. The molecule has 1 aliphatic heterocycles. The number of hydrogen-bond acceptors (Lipinski definition) is 3. The van der Waals surface area contributed by atoms with Crippen LogP contribution in [-0.2, 0) is 14.3 Å². The van der Waals surface area contributed by atoms with Gasteiger partial charge in [-0.25, -0.2) is 0 Å². The zero-order valence-electron chi connectivity index (χ0n) is 8.04. The third-order valence-electron chi connectivity index (χ3n) is 2.26. The van der Waals surface area contributed by atoms with Crippen LogP contribution in [0.3, 0.4) is 0 Å². The summed E-state index contributed by atoms with van der Waals surface area (Å²) in [6.07, 6.45) is 4.81. The summed E-state index contributed by atoms with van der Waals surface area (Å²) in [5.41, 5.74) is 0. The van der Waals surface area contributed by atoms with Gasteiger partial charge in [0.25, 0.3) is 0 Å². The van der Waals surface area contributed by atoms with Crippen molar-refractivity contribution in [2.24, 2.45) is 0 Å². The molecular formula is C10H16O3. The van der Waals surface area contributed by atoms with Gasteiger partial charge in [0, 0.05) is 12.8 Å². The van der Waals surface area contributed by atoms with Crippen LogP contribution >= 0.6 is 0 Å². The Bertz CT molecular complexity index is 198. The van der Waals surface area contributed by atoms with Crippen molar-refractivity contribution < 1.29 is 14.3 Å². The third kappa shape index (κ3) is 4.06. The van der Waals surface area contributed by atoms with Crippen LogP contribution in [0.1, 0.15) is 45.4 Å². The minimum absolute atomic E-state index is 0.0700. The highest BCUT2D eigenvalue weighted by molar-refractivity contribution is 5.75. The van der Waals surface area contributed by atoms with Gasteiger partial charge < -0.3 is 9.53 Å². The molecule has 0 aromatic heterocycles. The molecule has 0 aromatic rings. The molecule has 0 aromatic carbocycles. The lowest BCUT2D eigenvalue weighted by atomic mass is 10.0. The molecule has 1 rings (SSSR count). The second-order valence-electron chi connectivity index (χ2n) is 3.60. The van der Waals surface area contributed by atoms with Crippen LogP contribution in [0.2, 0.25) is 0 Å². The lowest BCUT2D eigenvalue weighted by Gasteiger charge is -2.21. The number of ether oxygens (including phenoxy) is 1. The zero-order valence-corrected chi connectivity index (χ0v) is 8.04. The number of hydrogen-bond donors (Lipinski definition) is 0. The average molecular weight is 184 g/mol. The number of carbonyl (C=O) groups excluding carboxylic acids is 2. The average Bonchev–Trinajstić information content (AvgIpc) is 2.03. The number of carbonyl (C=O) groups is 2. The van der Waals surface area contributed by atoms with Crippen molar-refractivity contribution in [3.63, 3.8) is 0 Å². The minimum Gasteiger partial charge on any atom is -0.462 e. The molecule has 0 spiro atoms. The first kappa shape index (κ1) is 10.2. The minimum atomic E-state index is -0.0842. The molecule has 0 aliphatic carbocycles. The Balaban J connectivity index is 2.13. The lowest BCUT2D eigenvalue weighted by Crippen LogP contribution is -2.23. The highest BCUT2D eigenvalue weighted by Gasteiger charge is 2.19. The molecule has 0 bridgehead atoms. The Morgan fingerprint density at radius 1 is 1.62 bits per heavy atom. The quantitative estimate of drug-likeness (QED) is 0.626. The summed E-state index contributed by atoms with van der Waals surface area (Å²) in [6.45, 7) is 1.59. The maximum Gasteiger partial charge on any atom is 0.306 e. The molecule has 0 saturated carbocycles. The summed E-state index contributed by atoms with van der Waals surface area (Å²) >= 11 is 0. The Labute approximate surface area is 78.5 Å². The Morgan fingerprint density at radius 2 is 2.38 bits per heavy atom. The third-order valence-corrected chi connectivity index (χ3v) is 2.26. The van der Waals surface area contributed by atoms with E-state index in [1.54, 1.807) is 6.92 Å².